The van der Waals surface area contributed by atoms with Crippen molar-refractivity contribution in [3.63, 3.8) is 0 Å². The van der Waals surface area contributed by atoms with Crippen LogP contribution in [0.4, 0.5) is 0 Å². The van der Waals surface area contributed by atoms with E-state index in [2.05, 4.69) is 39.3 Å². The largest absolute Gasteiger partial charge is 0.340 e. The third-order valence-electron chi connectivity index (χ3n) is 3.00. The normalized spacial score (nSPS) is 19.9. The van der Waals surface area contributed by atoms with Crippen LogP contribution in [0.25, 0.3) is 0 Å². The Morgan fingerprint density at radius 3 is 3.20 bits per heavy atom. The predicted molar refractivity (Wildman–Crippen MR) is 57.3 cm³/mol. The molecular formula is C12H14N3+. The molecule has 3 heteroatoms. The van der Waals surface area contributed by atoms with Crippen LogP contribution in [-0.4, -0.2) is 16.1 Å². The van der Waals surface area contributed by atoms with Gasteiger partial charge in [0.2, 0.25) is 0 Å². The van der Waals surface area contributed by atoms with E-state index in [0.29, 0.717) is 6.04 Å². The molecule has 15 heavy (non-hydrogen) atoms. The summed E-state index contributed by atoms with van der Waals surface area (Å²) in [7, 11) is 0. The highest BCUT2D eigenvalue weighted by atomic mass is 15.1. The number of nitrogens with zero attached hydrogens (tertiary/aromatic N) is 2. The molecule has 0 fully saturated rings. The average Bonchev–Trinajstić information content (AvgIpc) is 2.78. The Morgan fingerprint density at radius 2 is 2.33 bits per heavy atom. The van der Waals surface area contributed by atoms with E-state index in [4.69, 9.17) is 0 Å². The van der Waals surface area contributed by atoms with Crippen molar-refractivity contribution in [3.8, 4) is 0 Å². The number of fused-ring (bicyclic) bond motifs is 1. The Morgan fingerprint density at radius 1 is 1.33 bits per heavy atom. The van der Waals surface area contributed by atoms with Gasteiger partial charge in [-0.25, -0.2) is 0 Å². The van der Waals surface area contributed by atoms with Crippen molar-refractivity contribution in [1.82, 2.24) is 9.55 Å². The van der Waals surface area contributed by atoms with E-state index in [0.717, 1.165) is 13.1 Å². The fraction of sp³-hybridized carbons (Fsp3) is 0.250. The summed E-state index contributed by atoms with van der Waals surface area (Å²) >= 11 is 0. The quantitative estimate of drug-likeness (QED) is 0.716. The lowest BCUT2D eigenvalue weighted by Gasteiger charge is -2.23. The molecule has 2 aromatic rings. The van der Waals surface area contributed by atoms with E-state index in [1.54, 1.807) is 0 Å². The first-order valence-corrected chi connectivity index (χ1v) is 5.33. The molecule has 0 aliphatic carbocycles. The van der Waals surface area contributed by atoms with Crippen molar-refractivity contribution in [1.29, 1.82) is 0 Å². The Hall–Kier alpha value is -1.61. The lowest BCUT2D eigenvalue weighted by Crippen LogP contribution is -2.88. The Bertz CT molecular complexity index is 447. The van der Waals surface area contributed by atoms with Crippen LogP contribution in [0.2, 0.25) is 0 Å². The summed E-state index contributed by atoms with van der Waals surface area (Å²) in [6, 6.07) is 8.90. The molecule has 2 N–H and O–H groups in total. The first-order valence-electron chi connectivity index (χ1n) is 5.33. The second-order valence-corrected chi connectivity index (χ2v) is 3.91. The van der Waals surface area contributed by atoms with Gasteiger partial charge in [0.15, 0.2) is 6.04 Å². The molecule has 3 nitrogen and oxygen atoms in total. The molecule has 3 rings (SSSR count). The standard InChI is InChI=1S/C12H13N3/c1-3-10(9-13-5-1)12-11-4-2-7-15(11)8-6-14-12/h1-5,7,9,12,14H,6,8H2/p+1/t12-/m0/s1. The van der Waals surface area contributed by atoms with Gasteiger partial charge < -0.3 is 9.88 Å². The van der Waals surface area contributed by atoms with Crippen LogP contribution in [-0.2, 0) is 6.54 Å². The highest BCUT2D eigenvalue weighted by Crippen LogP contribution is 2.19. The predicted octanol–water partition coefficient (Wildman–Crippen LogP) is 0.549. The summed E-state index contributed by atoms with van der Waals surface area (Å²) in [4.78, 5) is 4.19. The zero-order valence-corrected chi connectivity index (χ0v) is 8.50. The molecule has 0 aromatic carbocycles. The molecule has 0 bridgehead atoms. The fourth-order valence-electron chi connectivity index (χ4n) is 2.28. The summed E-state index contributed by atoms with van der Waals surface area (Å²) in [6.45, 7) is 2.25. The summed E-state index contributed by atoms with van der Waals surface area (Å²) in [6.07, 6.45) is 5.95. The van der Waals surface area contributed by atoms with Crippen molar-refractivity contribution in [2.75, 3.05) is 6.54 Å². The van der Waals surface area contributed by atoms with Crippen molar-refractivity contribution < 1.29 is 5.32 Å². The zero-order chi connectivity index (χ0) is 10.1. The Labute approximate surface area is 88.8 Å². The number of aromatic nitrogens is 2. The Kier molecular flexibility index (Phi) is 2.03. The number of quaternary nitrogens is 1. The number of nitrogens with two attached hydrogens (primary N) is 1. The summed E-state index contributed by atoms with van der Waals surface area (Å²) < 4.78 is 2.33. The van der Waals surface area contributed by atoms with Crippen molar-refractivity contribution in [2.24, 2.45) is 0 Å². The van der Waals surface area contributed by atoms with Crippen LogP contribution >= 0.6 is 0 Å². The maximum atomic E-state index is 4.19. The lowest BCUT2D eigenvalue weighted by atomic mass is 10.0. The summed E-state index contributed by atoms with van der Waals surface area (Å²) in [5.41, 5.74) is 2.67. The molecule has 3 heterocycles. The first-order chi connectivity index (χ1) is 7.45. The number of hydrogen-bond donors (Lipinski definition) is 1. The summed E-state index contributed by atoms with van der Waals surface area (Å²) in [5.74, 6) is 0. The molecule has 0 spiro atoms. The first kappa shape index (κ1) is 8.68. The van der Waals surface area contributed by atoms with Crippen molar-refractivity contribution in [2.45, 2.75) is 12.6 Å². The zero-order valence-electron chi connectivity index (χ0n) is 8.50. The van der Waals surface area contributed by atoms with E-state index >= 15 is 0 Å². The van der Waals surface area contributed by atoms with Crippen molar-refractivity contribution in [3.05, 3.63) is 54.1 Å². The molecule has 0 saturated heterocycles. The lowest BCUT2D eigenvalue weighted by molar-refractivity contribution is -0.693. The molecule has 0 saturated carbocycles. The van der Waals surface area contributed by atoms with Crippen LogP contribution < -0.4 is 5.32 Å². The highest BCUT2D eigenvalue weighted by Gasteiger charge is 2.24. The highest BCUT2D eigenvalue weighted by molar-refractivity contribution is 5.24. The third-order valence-corrected chi connectivity index (χ3v) is 3.00. The molecule has 1 aliphatic heterocycles. The van der Waals surface area contributed by atoms with Gasteiger partial charge in [-0.2, -0.15) is 0 Å². The van der Waals surface area contributed by atoms with Gasteiger partial charge in [0.25, 0.3) is 0 Å². The van der Waals surface area contributed by atoms with Gasteiger partial charge in [-0.3, -0.25) is 4.98 Å². The van der Waals surface area contributed by atoms with E-state index in [-0.39, 0.29) is 0 Å². The van der Waals surface area contributed by atoms with Gasteiger partial charge in [-0.15, -0.1) is 0 Å². The number of pyridine rings is 1. The molecule has 1 atom stereocenters. The number of rotatable bonds is 1. The second-order valence-electron chi connectivity index (χ2n) is 3.91. The maximum Gasteiger partial charge on any atom is 0.154 e. The monoisotopic (exact) mass is 200 g/mol. The average molecular weight is 200 g/mol. The molecular weight excluding hydrogens is 186 g/mol. The molecule has 2 aromatic heterocycles. The minimum Gasteiger partial charge on any atom is -0.340 e. The van der Waals surface area contributed by atoms with Gasteiger partial charge in [-0.1, -0.05) is 0 Å². The van der Waals surface area contributed by atoms with Gasteiger partial charge >= 0.3 is 0 Å². The molecule has 1 aliphatic rings. The Balaban J connectivity index is 2.03. The van der Waals surface area contributed by atoms with E-state index in [9.17, 15) is 0 Å². The molecule has 0 amide bonds. The smallest absolute Gasteiger partial charge is 0.154 e. The van der Waals surface area contributed by atoms with Gasteiger partial charge in [0, 0.05) is 24.2 Å². The summed E-state index contributed by atoms with van der Waals surface area (Å²) in [5, 5.41) is 2.38. The number of hydrogen-bond acceptors (Lipinski definition) is 1. The van der Waals surface area contributed by atoms with Crippen LogP contribution in [0, 0.1) is 0 Å². The molecule has 0 radical (unpaired) electrons. The van der Waals surface area contributed by atoms with Crippen molar-refractivity contribution >= 4 is 0 Å². The van der Waals surface area contributed by atoms with Crippen LogP contribution in [0.5, 0.6) is 0 Å². The fourth-order valence-corrected chi connectivity index (χ4v) is 2.28. The SMILES string of the molecule is c1cncc([C@@H]2[NH2+]CCn3cccc32)c1. The molecule has 0 unspecified atom stereocenters. The van der Waals surface area contributed by atoms with Crippen LogP contribution in [0.15, 0.2) is 42.9 Å². The van der Waals surface area contributed by atoms with E-state index in [1.807, 2.05) is 18.5 Å². The van der Waals surface area contributed by atoms with Crippen LogP contribution in [0.3, 0.4) is 0 Å². The van der Waals surface area contributed by atoms with Gasteiger partial charge in [-0.05, 0) is 24.3 Å². The minimum atomic E-state index is 0.419. The maximum absolute atomic E-state index is 4.19. The van der Waals surface area contributed by atoms with E-state index < -0.39 is 0 Å². The third kappa shape index (κ3) is 1.45. The van der Waals surface area contributed by atoms with Gasteiger partial charge in [0.1, 0.15) is 0 Å². The minimum absolute atomic E-state index is 0.419. The topological polar surface area (TPSA) is 34.4 Å². The van der Waals surface area contributed by atoms with Crippen LogP contribution in [0.1, 0.15) is 17.3 Å². The van der Waals surface area contributed by atoms with Gasteiger partial charge in [0.05, 0.1) is 18.8 Å². The van der Waals surface area contributed by atoms with E-state index in [1.165, 1.54) is 11.3 Å². The second kappa shape index (κ2) is 3.51. The molecule has 76 valence electrons.